The van der Waals surface area contributed by atoms with Crippen molar-refractivity contribution in [2.45, 2.75) is 11.8 Å². The number of imidazole rings is 1. The molecule has 0 atom stereocenters. The quantitative estimate of drug-likeness (QED) is 0.604. The highest BCUT2D eigenvalue weighted by atomic mass is 79.9. The van der Waals surface area contributed by atoms with Crippen LogP contribution in [0.4, 0.5) is 5.82 Å². The number of esters is 1. The molecule has 2 rings (SSSR count). The summed E-state index contributed by atoms with van der Waals surface area (Å²) in [5.74, 6) is -1.64. The maximum absolute atomic E-state index is 12.4. The topological polar surface area (TPSA) is 144 Å². The Bertz CT molecular complexity index is 894. The molecule has 0 aliphatic heterocycles. The Morgan fingerprint density at radius 3 is 2.71 bits per heavy atom. The Kier molecular flexibility index (Phi) is 5.24. The Hall–Kier alpha value is -2.40. The third-order valence-corrected chi connectivity index (χ3v) is 4.56. The summed E-state index contributed by atoms with van der Waals surface area (Å²) in [5, 5.41) is 0. The normalized spacial score (nSPS) is 11.1. The molecule has 0 aliphatic rings. The van der Waals surface area contributed by atoms with Gasteiger partial charge < -0.3 is 15.5 Å². The maximum atomic E-state index is 12.4. The SMILES string of the molecule is CCOC(=O)c1ncc(NS(=O)(=O)c2cc(Br)cc(C(N)=O)c2)[nH]1. The number of carbonyl (C=O) groups is 2. The standard InChI is InChI=1S/C13H13BrN4O5S/c1-2-23-13(20)12-16-6-10(17-12)18-24(21,22)9-4-7(11(15)19)3-8(14)5-9/h3-6,18H,2H2,1H3,(H2,15,19)(H,16,17). The van der Waals surface area contributed by atoms with Crippen molar-refractivity contribution in [1.29, 1.82) is 0 Å². The zero-order valence-electron chi connectivity index (χ0n) is 12.4. The van der Waals surface area contributed by atoms with Gasteiger partial charge in [0.25, 0.3) is 10.0 Å². The fraction of sp³-hybridized carbons (Fsp3) is 0.154. The average molecular weight is 417 g/mol. The molecule has 24 heavy (non-hydrogen) atoms. The van der Waals surface area contributed by atoms with Gasteiger partial charge in [0.05, 0.1) is 17.7 Å². The van der Waals surface area contributed by atoms with Crippen molar-refractivity contribution in [3.8, 4) is 0 Å². The molecular weight excluding hydrogens is 404 g/mol. The second-order valence-corrected chi connectivity index (χ2v) is 7.11. The Morgan fingerprint density at radius 2 is 2.08 bits per heavy atom. The van der Waals surface area contributed by atoms with Gasteiger partial charge in [-0.2, -0.15) is 0 Å². The summed E-state index contributed by atoms with van der Waals surface area (Å²) in [7, 11) is -4.03. The molecule has 0 radical (unpaired) electrons. The first-order valence-electron chi connectivity index (χ1n) is 6.58. The van der Waals surface area contributed by atoms with Crippen LogP contribution in [0.1, 0.15) is 27.9 Å². The number of hydrogen-bond donors (Lipinski definition) is 3. The van der Waals surface area contributed by atoms with Crippen molar-refractivity contribution in [1.82, 2.24) is 9.97 Å². The minimum Gasteiger partial charge on any atom is -0.460 e. The minimum atomic E-state index is -4.03. The Balaban J connectivity index is 2.29. The van der Waals surface area contributed by atoms with Crippen molar-refractivity contribution in [3.05, 3.63) is 40.3 Å². The minimum absolute atomic E-state index is 0.0290. The van der Waals surface area contributed by atoms with E-state index in [0.717, 1.165) is 12.3 Å². The smallest absolute Gasteiger partial charge is 0.374 e. The molecule has 1 amide bonds. The van der Waals surface area contributed by atoms with Crippen LogP contribution in [0, 0.1) is 0 Å². The number of ether oxygens (including phenoxy) is 1. The van der Waals surface area contributed by atoms with Gasteiger partial charge in [-0.05, 0) is 25.1 Å². The molecular formula is C13H13BrN4O5S. The molecule has 0 saturated heterocycles. The molecule has 0 saturated carbocycles. The van der Waals surface area contributed by atoms with Crippen LogP contribution in [-0.2, 0) is 14.8 Å². The number of aromatic amines is 1. The van der Waals surface area contributed by atoms with Crippen molar-refractivity contribution in [3.63, 3.8) is 0 Å². The van der Waals surface area contributed by atoms with E-state index in [9.17, 15) is 18.0 Å². The number of nitrogens with two attached hydrogens (primary N) is 1. The monoisotopic (exact) mass is 416 g/mol. The largest absolute Gasteiger partial charge is 0.460 e. The predicted molar refractivity (Wildman–Crippen MR) is 88.0 cm³/mol. The summed E-state index contributed by atoms with van der Waals surface area (Å²) in [4.78, 5) is 28.8. The average Bonchev–Trinajstić information content (AvgIpc) is 2.94. The molecule has 0 fully saturated rings. The van der Waals surface area contributed by atoms with E-state index >= 15 is 0 Å². The molecule has 0 bridgehead atoms. The van der Waals surface area contributed by atoms with E-state index in [-0.39, 0.29) is 28.7 Å². The van der Waals surface area contributed by atoms with Crippen LogP contribution in [0.5, 0.6) is 0 Å². The van der Waals surface area contributed by atoms with Crippen LogP contribution >= 0.6 is 15.9 Å². The van der Waals surface area contributed by atoms with E-state index in [1.807, 2.05) is 0 Å². The second kappa shape index (κ2) is 7.01. The Labute approximate surface area is 145 Å². The number of carbonyl (C=O) groups excluding carboxylic acids is 2. The molecule has 4 N–H and O–H groups in total. The number of amides is 1. The number of aromatic nitrogens is 2. The number of rotatable bonds is 6. The lowest BCUT2D eigenvalue weighted by Gasteiger charge is -2.08. The summed E-state index contributed by atoms with van der Waals surface area (Å²) in [6.07, 6.45) is 1.14. The van der Waals surface area contributed by atoms with Gasteiger partial charge in [0.1, 0.15) is 5.82 Å². The molecule has 0 aliphatic carbocycles. The molecule has 1 heterocycles. The molecule has 0 spiro atoms. The first-order valence-corrected chi connectivity index (χ1v) is 8.86. The third kappa shape index (κ3) is 4.11. The second-order valence-electron chi connectivity index (χ2n) is 4.51. The zero-order chi connectivity index (χ0) is 17.9. The van der Waals surface area contributed by atoms with E-state index in [1.54, 1.807) is 6.92 Å². The highest BCUT2D eigenvalue weighted by Crippen LogP contribution is 2.21. The van der Waals surface area contributed by atoms with Crippen LogP contribution in [-0.4, -0.2) is 36.9 Å². The number of sulfonamides is 1. The van der Waals surface area contributed by atoms with Crippen LogP contribution in [0.3, 0.4) is 0 Å². The number of benzene rings is 1. The van der Waals surface area contributed by atoms with Gasteiger partial charge in [-0.3, -0.25) is 9.52 Å². The predicted octanol–water partition coefficient (Wildman–Crippen LogP) is 1.25. The highest BCUT2D eigenvalue weighted by molar-refractivity contribution is 9.10. The molecule has 1 aromatic heterocycles. The summed E-state index contributed by atoms with van der Waals surface area (Å²) >= 11 is 3.12. The van der Waals surface area contributed by atoms with E-state index in [4.69, 9.17) is 10.5 Å². The number of nitrogens with zero attached hydrogens (tertiary/aromatic N) is 1. The Morgan fingerprint density at radius 1 is 1.38 bits per heavy atom. The molecule has 9 nitrogen and oxygen atoms in total. The van der Waals surface area contributed by atoms with Crippen LogP contribution < -0.4 is 10.5 Å². The van der Waals surface area contributed by atoms with Gasteiger partial charge in [0, 0.05) is 10.0 Å². The fourth-order valence-corrected chi connectivity index (χ4v) is 3.46. The van der Waals surface area contributed by atoms with E-state index in [0.29, 0.717) is 4.47 Å². The number of H-pyrrole nitrogens is 1. The van der Waals surface area contributed by atoms with Gasteiger partial charge >= 0.3 is 5.97 Å². The lowest BCUT2D eigenvalue weighted by molar-refractivity contribution is 0.0513. The van der Waals surface area contributed by atoms with E-state index < -0.39 is 21.9 Å². The summed E-state index contributed by atoms with van der Waals surface area (Å²) < 4.78 is 32.1. The molecule has 128 valence electrons. The van der Waals surface area contributed by atoms with Crippen LogP contribution in [0.2, 0.25) is 0 Å². The van der Waals surface area contributed by atoms with E-state index in [1.165, 1.54) is 12.1 Å². The molecule has 11 heteroatoms. The van der Waals surface area contributed by atoms with Gasteiger partial charge in [0.15, 0.2) is 0 Å². The number of nitrogens with one attached hydrogen (secondary N) is 2. The summed E-state index contributed by atoms with van der Waals surface area (Å²) in [6.45, 7) is 1.79. The fourth-order valence-electron chi connectivity index (χ4n) is 1.74. The lowest BCUT2D eigenvalue weighted by Crippen LogP contribution is -2.16. The van der Waals surface area contributed by atoms with Gasteiger partial charge in [-0.25, -0.2) is 18.2 Å². The lowest BCUT2D eigenvalue weighted by atomic mass is 10.2. The third-order valence-electron chi connectivity index (χ3n) is 2.76. The number of anilines is 1. The summed E-state index contributed by atoms with van der Waals surface area (Å²) in [5.41, 5.74) is 5.20. The van der Waals surface area contributed by atoms with Gasteiger partial charge in [0.2, 0.25) is 11.7 Å². The van der Waals surface area contributed by atoms with E-state index in [2.05, 4.69) is 30.6 Å². The highest BCUT2D eigenvalue weighted by Gasteiger charge is 2.19. The molecule has 0 unspecified atom stereocenters. The van der Waals surface area contributed by atoms with Gasteiger partial charge in [-0.1, -0.05) is 15.9 Å². The maximum Gasteiger partial charge on any atom is 0.374 e. The first kappa shape index (κ1) is 17.9. The first-order chi connectivity index (χ1) is 11.2. The number of hydrogen-bond acceptors (Lipinski definition) is 6. The van der Waals surface area contributed by atoms with Crippen molar-refractivity contribution in [2.24, 2.45) is 5.73 Å². The van der Waals surface area contributed by atoms with Crippen LogP contribution in [0.15, 0.2) is 33.8 Å². The molecule has 2 aromatic rings. The van der Waals surface area contributed by atoms with Crippen LogP contribution in [0.25, 0.3) is 0 Å². The van der Waals surface area contributed by atoms with Crippen molar-refractivity contribution < 1.29 is 22.7 Å². The molecule has 1 aromatic carbocycles. The summed E-state index contributed by atoms with van der Waals surface area (Å²) in [6, 6.07) is 3.84. The van der Waals surface area contributed by atoms with Gasteiger partial charge in [-0.15, -0.1) is 0 Å². The zero-order valence-corrected chi connectivity index (χ0v) is 14.8. The van der Waals surface area contributed by atoms with Crippen molar-refractivity contribution >= 4 is 43.6 Å². The number of halogens is 1. The number of primary amides is 1. The van der Waals surface area contributed by atoms with Crippen molar-refractivity contribution in [2.75, 3.05) is 11.3 Å².